The van der Waals surface area contributed by atoms with Crippen LogP contribution in [0.15, 0.2) is 136 Å². The van der Waals surface area contributed by atoms with E-state index < -0.39 is 0 Å². The quantitative estimate of drug-likeness (QED) is 0.0775. The third-order valence-electron chi connectivity index (χ3n) is 19.9. The number of imidazole rings is 5. The van der Waals surface area contributed by atoms with Crippen LogP contribution in [0.3, 0.4) is 0 Å². The van der Waals surface area contributed by atoms with E-state index in [1.807, 2.05) is 72.3 Å². The number of pyridine rings is 3. The van der Waals surface area contributed by atoms with Gasteiger partial charge in [0.1, 0.15) is 88.0 Å². The fourth-order valence-electron chi connectivity index (χ4n) is 14.4. The van der Waals surface area contributed by atoms with Crippen molar-refractivity contribution in [3.05, 3.63) is 193 Å². The van der Waals surface area contributed by atoms with Gasteiger partial charge in [-0.25, -0.2) is 69.5 Å². The largest absolute Gasteiger partial charge is 0.349 e. The van der Waals surface area contributed by atoms with Crippen molar-refractivity contribution in [2.75, 3.05) is 0 Å². The Hall–Kier alpha value is -10.3. The zero-order valence-corrected chi connectivity index (χ0v) is 79.8. The molecule has 0 aliphatic heterocycles. The van der Waals surface area contributed by atoms with Gasteiger partial charge >= 0.3 is 0 Å². The van der Waals surface area contributed by atoms with Gasteiger partial charge in [0.25, 0.3) is 0 Å². The second kappa shape index (κ2) is 46.0. The van der Waals surface area contributed by atoms with E-state index in [1.54, 1.807) is 37.7 Å². The molecule has 14 aromatic rings. The standard InChI is InChI=1S/3C12H17N3.2C11H16N4.C11H17N.C10H17N.C9H16N2.C8H15N3/c1-8(2)11-5-10-6-13-7-14-12(10)15(11)9(3)4;1-8(2)12-14-10-7-13-6-5-11(10)15(12)9(3)4;1-8(2)11-14-10-6-5-7-13-12(10)15(11)9(3)4;2*1-7(2)10-14-9-5-12-6-13-11(9)15(10)8(3)4;1-8(2)10-6-5-7-12-11(10)9(3)4;1-8(2)10-6-5-7-11(10)9(3)4;1-7(2)9-10-5-6-11(9)8(3)4;1-6(2)8-9-5-10-11(8)7(3)4/h3*5-9H,1-4H3;2*5-8H,1-4H3;5-9H,1-4H3;5-9H,1-4H3;5-8H,1-4H3;5-7H,1-4H3. The number of hydrogen-bond acceptors (Lipinski definition) is 16. The minimum absolute atomic E-state index is 0.377. The Morgan fingerprint density at radius 3 is 1.11 bits per heavy atom. The summed E-state index contributed by atoms with van der Waals surface area (Å²) in [5, 5.41) is 5.28. The van der Waals surface area contributed by atoms with Gasteiger partial charge in [-0.2, -0.15) is 5.10 Å². The molecule has 0 saturated carbocycles. The third kappa shape index (κ3) is 25.9. The highest BCUT2D eigenvalue weighted by atomic mass is 15.3. The SMILES string of the molecule is CC(C)c1cc2cncnc2n1C(C)C.CC(C)c1cccn1C(C)C.CC(C)c1cccnc1C(C)C.CC(C)c1nc2cccnc2n1C(C)C.CC(C)c1nc2cnccc2n1C(C)C.CC(C)c1nc2cncnc2n1C(C)C.CC(C)c1nc2cncnc2n1C(C)C.CC(C)c1nccn1C(C)C.CC(C)c1ncnn1C(C)C. The fourth-order valence-corrected chi connectivity index (χ4v) is 14.4. The van der Waals surface area contributed by atoms with Crippen LogP contribution in [0.25, 0.3) is 55.6 Å². The second-order valence-corrected chi connectivity index (χ2v) is 36.1. The molecule has 14 aromatic heterocycles. The maximum Gasteiger partial charge on any atom is 0.163 e. The first-order chi connectivity index (χ1) is 56.5. The van der Waals surface area contributed by atoms with Gasteiger partial charge in [0.2, 0.25) is 0 Å². The molecule has 0 bridgehead atoms. The lowest BCUT2D eigenvalue weighted by atomic mass is 9.96. The van der Waals surface area contributed by atoms with Gasteiger partial charge < -0.3 is 32.0 Å². The maximum atomic E-state index is 4.63. The number of aromatic nitrogens is 24. The first-order valence-corrected chi connectivity index (χ1v) is 43.9. The first kappa shape index (κ1) is 98.6. The van der Waals surface area contributed by atoms with Gasteiger partial charge in [-0.3, -0.25) is 9.97 Å². The molecule has 0 radical (unpaired) electrons. The van der Waals surface area contributed by atoms with E-state index >= 15 is 0 Å². The average Bonchev–Trinajstić information content (AvgIpc) is 1.66. The van der Waals surface area contributed by atoms with Crippen molar-refractivity contribution in [3.63, 3.8) is 0 Å². The summed E-state index contributed by atoms with van der Waals surface area (Å²) in [6.45, 7) is 78.2. The number of nitrogens with zero attached hydrogens (tertiary/aromatic N) is 24. The molecule has 0 unspecified atom stereocenters. The molecule has 0 aliphatic carbocycles. The normalized spacial score (nSPS) is 11.7. The summed E-state index contributed by atoms with van der Waals surface area (Å²) in [4.78, 5) is 64.8. The van der Waals surface area contributed by atoms with E-state index in [4.69, 9.17) is 0 Å². The third-order valence-corrected chi connectivity index (χ3v) is 19.9. The van der Waals surface area contributed by atoms with Gasteiger partial charge in [-0.1, -0.05) is 145 Å². The second-order valence-electron chi connectivity index (χ2n) is 36.1. The van der Waals surface area contributed by atoms with Crippen LogP contribution in [-0.4, -0.2) is 117 Å². The Balaban J connectivity index is 0.000000210. The Kier molecular flexibility index (Phi) is 37.7. The van der Waals surface area contributed by atoms with Gasteiger partial charge in [-0.15, -0.1) is 0 Å². The van der Waals surface area contributed by atoms with Crippen LogP contribution in [0.2, 0.25) is 0 Å². The highest BCUT2D eigenvalue weighted by Gasteiger charge is 2.22. The molecule has 0 aliphatic rings. The molecule has 14 rings (SSSR count). The van der Waals surface area contributed by atoms with E-state index in [-0.39, 0.29) is 0 Å². The summed E-state index contributed by atoms with van der Waals surface area (Å²) >= 11 is 0. The van der Waals surface area contributed by atoms with Crippen molar-refractivity contribution in [1.82, 2.24) is 117 Å². The Labute approximate surface area is 718 Å². The van der Waals surface area contributed by atoms with Crippen LogP contribution in [0.1, 0.15) is 414 Å². The molecule has 0 atom stereocenters. The van der Waals surface area contributed by atoms with E-state index in [9.17, 15) is 0 Å². The van der Waals surface area contributed by atoms with Crippen molar-refractivity contribution in [1.29, 1.82) is 0 Å². The lowest BCUT2D eigenvalue weighted by Crippen LogP contribution is -2.09. The fraction of sp³-hybridized carbons (Fsp3) is 0.562. The predicted molar refractivity (Wildman–Crippen MR) is 498 cm³/mol. The van der Waals surface area contributed by atoms with Crippen molar-refractivity contribution in [2.45, 2.75) is 357 Å². The molecular formula is C96H148N24. The summed E-state index contributed by atoms with van der Waals surface area (Å²) in [5.41, 5.74) is 14.2. The molecule has 14 heterocycles. The van der Waals surface area contributed by atoms with Crippen molar-refractivity contribution in [3.8, 4) is 0 Å². The molecule has 0 aromatic carbocycles. The molecule has 0 saturated heterocycles. The molecule has 0 spiro atoms. The summed E-state index contributed by atoms with van der Waals surface area (Å²) in [5.74, 6) is 11.6. The highest BCUT2D eigenvalue weighted by Crippen LogP contribution is 2.32. The Morgan fingerprint density at radius 2 is 0.692 bits per heavy atom. The van der Waals surface area contributed by atoms with E-state index in [1.165, 1.54) is 34.0 Å². The number of hydrogen-bond donors (Lipinski definition) is 0. The van der Waals surface area contributed by atoms with Crippen molar-refractivity contribution < 1.29 is 0 Å². The van der Waals surface area contributed by atoms with Crippen LogP contribution < -0.4 is 0 Å². The average molecular weight is 1640 g/mol. The predicted octanol–water partition coefficient (Wildman–Crippen LogP) is 25.6. The Morgan fingerprint density at radius 1 is 0.258 bits per heavy atom. The molecule has 652 valence electrons. The molecule has 24 nitrogen and oxygen atoms in total. The van der Waals surface area contributed by atoms with Crippen LogP contribution in [0.5, 0.6) is 0 Å². The molecule has 24 heteroatoms. The smallest absolute Gasteiger partial charge is 0.163 e. The molecular weight excluding hydrogens is 1490 g/mol. The topological polar surface area (TPSA) is 246 Å². The minimum Gasteiger partial charge on any atom is -0.349 e. The van der Waals surface area contributed by atoms with Crippen molar-refractivity contribution >= 4 is 55.6 Å². The number of fused-ring (bicyclic) bond motifs is 5. The van der Waals surface area contributed by atoms with Gasteiger partial charge in [0.05, 0.1) is 24.1 Å². The summed E-state index contributed by atoms with van der Waals surface area (Å²) in [6, 6.07) is 20.3. The molecule has 0 N–H and O–H groups in total. The molecule has 0 amide bonds. The summed E-state index contributed by atoms with van der Waals surface area (Å²) in [6.07, 6.45) is 25.2. The van der Waals surface area contributed by atoms with Crippen molar-refractivity contribution in [2.24, 2.45) is 0 Å². The van der Waals surface area contributed by atoms with Crippen LogP contribution in [0, 0.1) is 0 Å². The lowest BCUT2D eigenvalue weighted by molar-refractivity contribution is 0.492. The van der Waals surface area contributed by atoms with Gasteiger partial charge in [-0.05, 0) is 182 Å². The summed E-state index contributed by atoms with van der Waals surface area (Å²) in [7, 11) is 0. The monoisotopic (exact) mass is 1640 g/mol. The zero-order valence-electron chi connectivity index (χ0n) is 79.8. The summed E-state index contributed by atoms with van der Waals surface area (Å²) < 4.78 is 17.7. The van der Waals surface area contributed by atoms with E-state index in [0.717, 1.165) is 79.2 Å². The van der Waals surface area contributed by atoms with Gasteiger partial charge in [0.15, 0.2) is 16.9 Å². The first-order valence-electron chi connectivity index (χ1n) is 43.9. The van der Waals surface area contributed by atoms with Crippen LogP contribution >= 0.6 is 0 Å². The highest BCUT2D eigenvalue weighted by molar-refractivity contribution is 5.77. The van der Waals surface area contributed by atoms with Crippen LogP contribution in [0.4, 0.5) is 0 Å². The van der Waals surface area contributed by atoms with E-state index in [2.05, 4.69) is 392 Å². The molecule has 120 heavy (non-hydrogen) atoms. The molecule has 0 fully saturated rings. The van der Waals surface area contributed by atoms with Crippen LogP contribution in [-0.2, 0) is 0 Å². The minimum atomic E-state index is 0.377. The maximum absolute atomic E-state index is 4.63. The zero-order chi connectivity index (χ0) is 89.4. The number of rotatable bonds is 18. The van der Waals surface area contributed by atoms with E-state index in [0.29, 0.717) is 108 Å². The lowest BCUT2D eigenvalue weighted by Gasteiger charge is -2.15. The van der Waals surface area contributed by atoms with Gasteiger partial charge in [0, 0.05) is 150 Å². The Bertz CT molecular complexity index is 4580.